The van der Waals surface area contributed by atoms with Crippen LogP contribution in [0.5, 0.6) is 0 Å². The first-order valence-electron chi connectivity index (χ1n) is 8.57. The van der Waals surface area contributed by atoms with Crippen LogP contribution in [0.4, 0.5) is 13.2 Å². The number of rotatable bonds is 3. The lowest BCUT2D eigenvalue weighted by molar-refractivity contribution is -0.153. The molecule has 26 heavy (non-hydrogen) atoms. The second-order valence-electron chi connectivity index (χ2n) is 7.06. The summed E-state index contributed by atoms with van der Waals surface area (Å²) in [5.74, 6) is -0.538. The number of likely N-dealkylation sites (tertiary alicyclic amines) is 1. The SMILES string of the molecule is O=c1cccc2n1[C@@H](CO)[C@H]1C[C@@H]2CN(Cc2ccc(C(F)(F)F)o2)C1. The highest BCUT2D eigenvalue weighted by Gasteiger charge is 2.40. The van der Waals surface area contributed by atoms with E-state index in [0.29, 0.717) is 13.1 Å². The predicted octanol–water partition coefficient (Wildman–Crippen LogP) is 2.61. The van der Waals surface area contributed by atoms with E-state index in [9.17, 15) is 23.1 Å². The molecule has 2 bridgehead atoms. The van der Waals surface area contributed by atoms with Gasteiger partial charge in [0, 0.05) is 30.8 Å². The normalized spacial score (nSPS) is 25.9. The lowest BCUT2D eigenvalue weighted by Crippen LogP contribution is -2.49. The molecule has 0 aromatic carbocycles. The number of aliphatic hydroxyl groups is 1. The van der Waals surface area contributed by atoms with Gasteiger partial charge in [-0.2, -0.15) is 13.2 Å². The summed E-state index contributed by atoms with van der Waals surface area (Å²) in [6.07, 6.45) is -3.63. The molecule has 0 saturated carbocycles. The van der Waals surface area contributed by atoms with Gasteiger partial charge in [-0.3, -0.25) is 9.69 Å². The molecule has 1 N–H and O–H groups in total. The minimum atomic E-state index is -4.49. The second-order valence-corrected chi connectivity index (χ2v) is 7.06. The maximum absolute atomic E-state index is 12.7. The van der Waals surface area contributed by atoms with Crippen molar-refractivity contribution >= 4 is 0 Å². The molecule has 8 heteroatoms. The van der Waals surface area contributed by atoms with E-state index in [2.05, 4.69) is 0 Å². The molecule has 1 fully saturated rings. The number of aliphatic hydroxyl groups excluding tert-OH is 1. The van der Waals surface area contributed by atoms with Crippen molar-refractivity contribution in [3.05, 3.63) is 57.9 Å². The van der Waals surface area contributed by atoms with Gasteiger partial charge in [0.1, 0.15) is 5.76 Å². The Bertz CT molecular complexity index is 858. The first kappa shape index (κ1) is 17.4. The monoisotopic (exact) mass is 368 g/mol. The van der Waals surface area contributed by atoms with Gasteiger partial charge in [-0.25, -0.2) is 0 Å². The molecule has 2 aromatic heterocycles. The van der Waals surface area contributed by atoms with Crippen LogP contribution in [0, 0.1) is 5.92 Å². The van der Waals surface area contributed by atoms with Gasteiger partial charge in [0.15, 0.2) is 0 Å². The van der Waals surface area contributed by atoms with Crippen LogP contribution in [0.3, 0.4) is 0 Å². The highest BCUT2D eigenvalue weighted by Crippen LogP contribution is 2.41. The lowest BCUT2D eigenvalue weighted by atomic mass is 9.78. The molecule has 140 valence electrons. The number of piperidine rings is 1. The molecule has 0 aliphatic carbocycles. The fraction of sp³-hybridized carbons (Fsp3) is 0.500. The van der Waals surface area contributed by atoms with Gasteiger partial charge in [0.05, 0.1) is 19.2 Å². The van der Waals surface area contributed by atoms with Crippen LogP contribution in [0.15, 0.2) is 39.5 Å². The number of hydrogen-bond acceptors (Lipinski definition) is 4. The molecule has 0 unspecified atom stereocenters. The topological polar surface area (TPSA) is 58.6 Å². The Labute approximate surface area is 147 Å². The molecular weight excluding hydrogens is 349 g/mol. The summed E-state index contributed by atoms with van der Waals surface area (Å²) in [5, 5.41) is 9.82. The van der Waals surface area contributed by atoms with Crippen LogP contribution < -0.4 is 5.56 Å². The summed E-state index contributed by atoms with van der Waals surface area (Å²) in [6, 6.07) is 7.10. The van der Waals surface area contributed by atoms with Gasteiger partial charge >= 0.3 is 6.18 Å². The number of nitrogens with zero attached hydrogens (tertiary/aromatic N) is 2. The van der Waals surface area contributed by atoms with E-state index in [1.165, 1.54) is 12.1 Å². The fourth-order valence-corrected chi connectivity index (χ4v) is 4.34. The maximum atomic E-state index is 12.7. The van der Waals surface area contributed by atoms with Crippen molar-refractivity contribution in [1.82, 2.24) is 9.47 Å². The first-order valence-corrected chi connectivity index (χ1v) is 8.57. The van der Waals surface area contributed by atoms with Crippen LogP contribution >= 0.6 is 0 Å². The Kier molecular flexibility index (Phi) is 4.19. The van der Waals surface area contributed by atoms with Gasteiger partial charge in [-0.1, -0.05) is 6.07 Å². The molecule has 0 amide bonds. The summed E-state index contributed by atoms with van der Waals surface area (Å²) < 4.78 is 44.7. The molecule has 1 saturated heterocycles. The van der Waals surface area contributed by atoms with Gasteiger partial charge in [0.25, 0.3) is 5.56 Å². The van der Waals surface area contributed by atoms with Crippen molar-refractivity contribution in [2.24, 2.45) is 5.92 Å². The molecule has 2 aliphatic rings. The first-order chi connectivity index (χ1) is 12.4. The van der Waals surface area contributed by atoms with E-state index in [-0.39, 0.29) is 42.3 Å². The maximum Gasteiger partial charge on any atom is 0.449 e. The zero-order valence-corrected chi connectivity index (χ0v) is 13.9. The molecule has 4 heterocycles. The van der Waals surface area contributed by atoms with E-state index < -0.39 is 11.9 Å². The van der Waals surface area contributed by atoms with Crippen molar-refractivity contribution in [3.8, 4) is 0 Å². The Morgan fingerprint density at radius 3 is 2.69 bits per heavy atom. The Morgan fingerprint density at radius 2 is 2.00 bits per heavy atom. The highest BCUT2D eigenvalue weighted by molar-refractivity contribution is 5.19. The Hall–Kier alpha value is -2.06. The van der Waals surface area contributed by atoms with Gasteiger partial charge < -0.3 is 14.1 Å². The Morgan fingerprint density at radius 1 is 1.19 bits per heavy atom. The van der Waals surface area contributed by atoms with Gasteiger partial charge in [-0.15, -0.1) is 0 Å². The zero-order chi connectivity index (χ0) is 18.5. The number of aromatic nitrogens is 1. The molecule has 4 rings (SSSR count). The number of furan rings is 1. The van der Waals surface area contributed by atoms with Crippen LogP contribution in [-0.4, -0.2) is 34.3 Å². The fourth-order valence-electron chi connectivity index (χ4n) is 4.34. The Balaban J connectivity index is 1.58. The van der Waals surface area contributed by atoms with E-state index in [0.717, 1.165) is 18.2 Å². The summed E-state index contributed by atoms with van der Waals surface area (Å²) in [6.45, 7) is 1.38. The minimum absolute atomic E-state index is 0.0726. The molecular formula is C18H19F3N2O3. The lowest BCUT2D eigenvalue weighted by Gasteiger charge is -2.46. The number of pyridine rings is 1. The van der Waals surface area contributed by atoms with E-state index in [4.69, 9.17) is 4.42 Å². The average molecular weight is 368 g/mol. The van der Waals surface area contributed by atoms with Crippen molar-refractivity contribution in [2.45, 2.75) is 31.1 Å². The largest absolute Gasteiger partial charge is 0.455 e. The third kappa shape index (κ3) is 2.97. The van der Waals surface area contributed by atoms with Crippen LogP contribution in [0.1, 0.15) is 35.6 Å². The third-order valence-corrected chi connectivity index (χ3v) is 5.38. The molecule has 5 nitrogen and oxygen atoms in total. The quantitative estimate of drug-likeness (QED) is 0.905. The molecule has 0 radical (unpaired) electrons. The van der Waals surface area contributed by atoms with E-state index in [1.807, 2.05) is 11.0 Å². The van der Waals surface area contributed by atoms with Crippen LogP contribution in [-0.2, 0) is 12.7 Å². The third-order valence-electron chi connectivity index (χ3n) is 5.38. The summed E-state index contributed by atoms with van der Waals surface area (Å²) >= 11 is 0. The number of fused-ring (bicyclic) bond motifs is 4. The van der Waals surface area contributed by atoms with Crippen molar-refractivity contribution < 1.29 is 22.7 Å². The molecule has 0 spiro atoms. The smallest absolute Gasteiger partial charge is 0.449 e. The van der Waals surface area contributed by atoms with Crippen molar-refractivity contribution in [1.29, 1.82) is 0 Å². The molecule has 2 aromatic rings. The number of hydrogen-bond donors (Lipinski definition) is 1. The standard InChI is InChI=1S/C18H19F3N2O3/c19-18(20,21)16-5-4-13(26-16)9-22-7-11-6-12(8-22)15(10-24)23-14(11)2-1-3-17(23)25/h1-5,11-12,15,24H,6-10H2/t11-,12+,15+/m1/s1. The second kappa shape index (κ2) is 6.28. The van der Waals surface area contributed by atoms with Crippen molar-refractivity contribution in [3.63, 3.8) is 0 Å². The highest BCUT2D eigenvalue weighted by atomic mass is 19.4. The number of halogens is 3. The molecule has 2 aliphatic heterocycles. The summed E-state index contributed by atoms with van der Waals surface area (Å²) in [5.41, 5.74) is 0.762. The minimum Gasteiger partial charge on any atom is -0.455 e. The average Bonchev–Trinajstić information content (AvgIpc) is 3.05. The summed E-state index contributed by atoms with van der Waals surface area (Å²) in [4.78, 5) is 14.3. The predicted molar refractivity (Wildman–Crippen MR) is 86.7 cm³/mol. The van der Waals surface area contributed by atoms with Gasteiger partial charge in [0.2, 0.25) is 5.76 Å². The van der Waals surface area contributed by atoms with E-state index >= 15 is 0 Å². The summed E-state index contributed by atoms with van der Waals surface area (Å²) in [7, 11) is 0. The zero-order valence-electron chi connectivity index (χ0n) is 13.9. The van der Waals surface area contributed by atoms with Crippen LogP contribution in [0.2, 0.25) is 0 Å². The van der Waals surface area contributed by atoms with Crippen LogP contribution in [0.25, 0.3) is 0 Å². The molecule has 3 atom stereocenters. The van der Waals surface area contributed by atoms with Crippen molar-refractivity contribution in [2.75, 3.05) is 19.7 Å². The number of alkyl halides is 3. The van der Waals surface area contributed by atoms with E-state index in [1.54, 1.807) is 10.6 Å². The van der Waals surface area contributed by atoms with Gasteiger partial charge in [-0.05, 0) is 30.5 Å².